The molecule has 0 aliphatic carbocycles. The number of hydrogen-bond donors (Lipinski definition) is 2. The number of aliphatic hydroxyl groups excluding tert-OH is 1. The number of amides is 1. The van der Waals surface area contributed by atoms with E-state index in [2.05, 4.69) is 12.2 Å². The van der Waals surface area contributed by atoms with Crippen molar-refractivity contribution in [3.63, 3.8) is 0 Å². The number of carbonyl (C=O) groups excluding carboxylic acids is 1. The fourth-order valence-corrected chi connectivity index (χ4v) is 2.85. The van der Waals surface area contributed by atoms with Crippen LogP contribution >= 0.6 is 11.6 Å². The van der Waals surface area contributed by atoms with Crippen molar-refractivity contribution in [1.29, 1.82) is 0 Å². The molecule has 140 valence electrons. The standard InChI is InChI=1S/C18H26ClNO5/c1-13-7-8-23-17(13)24-9-10-25-18(22)20-15(16(21)12-19)11-14-5-3-2-4-6-14/h2-6,13,15-17,21H,7-12H2,1H3,(H,20,22)/t13?,15-,16+,17+/m0/s1. The molecule has 6 nitrogen and oxygen atoms in total. The second-order valence-electron chi connectivity index (χ2n) is 6.17. The zero-order valence-electron chi connectivity index (χ0n) is 14.4. The highest BCUT2D eigenvalue weighted by molar-refractivity contribution is 6.18. The van der Waals surface area contributed by atoms with E-state index in [1.165, 1.54) is 0 Å². The molecule has 1 aromatic rings. The first-order chi connectivity index (χ1) is 12.1. The molecule has 1 heterocycles. The third-order valence-corrected chi connectivity index (χ3v) is 4.46. The average Bonchev–Trinajstić information content (AvgIpc) is 3.03. The van der Waals surface area contributed by atoms with Crippen LogP contribution in [0.3, 0.4) is 0 Å². The third kappa shape index (κ3) is 6.82. The predicted octanol–water partition coefficient (Wildman–Crippen LogP) is 2.32. The Labute approximate surface area is 153 Å². The molecule has 2 N–H and O–H groups in total. The summed E-state index contributed by atoms with van der Waals surface area (Å²) in [6, 6.07) is 9.05. The van der Waals surface area contributed by atoms with E-state index >= 15 is 0 Å². The Kier molecular flexibility index (Phi) is 8.48. The SMILES string of the molecule is CC1CCO[C@@H]1OCCOC(=O)N[C@@H](Cc1ccccc1)[C@H](O)CCl. The molecule has 2 rings (SSSR count). The van der Waals surface area contributed by atoms with Gasteiger partial charge in [-0.25, -0.2) is 4.79 Å². The second-order valence-corrected chi connectivity index (χ2v) is 6.48. The van der Waals surface area contributed by atoms with Gasteiger partial charge in [0.2, 0.25) is 0 Å². The van der Waals surface area contributed by atoms with Crippen LogP contribution in [-0.4, -0.2) is 55.3 Å². The summed E-state index contributed by atoms with van der Waals surface area (Å²) in [6.07, 6.45) is -0.250. The molecule has 0 radical (unpaired) electrons. The number of halogens is 1. The number of hydrogen-bond acceptors (Lipinski definition) is 5. The van der Waals surface area contributed by atoms with Gasteiger partial charge in [0.25, 0.3) is 0 Å². The minimum atomic E-state index is -0.863. The van der Waals surface area contributed by atoms with Crippen molar-refractivity contribution < 1.29 is 24.1 Å². The van der Waals surface area contributed by atoms with Crippen LogP contribution in [0.15, 0.2) is 30.3 Å². The van der Waals surface area contributed by atoms with Crippen LogP contribution < -0.4 is 5.32 Å². The first-order valence-electron chi connectivity index (χ1n) is 8.54. The number of rotatable bonds is 9. The van der Waals surface area contributed by atoms with E-state index < -0.39 is 18.2 Å². The number of nitrogens with one attached hydrogen (secondary N) is 1. The summed E-state index contributed by atoms with van der Waals surface area (Å²) in [5.41, 5.74) is 0.993. The van der Waals surface area contributed by atoms with Gasteiger partial charge < -0.3 is 24.6 Å². The summed E-state index contributed by atoms with van der Waals surface area (Å²) < 4.78 is 16.1. The lowest BCUT2D eigenvalue weighted by Gasteiger charge is -2.22. The fourth-order valence-electron chi connectivity index (χ4n) is 2.63. The van der Waals surface area contributed by atoms with Gasteiger partial charge >= 0.3 is 6.09 Å². The Morgan fingerprint density at radius 3 is 2.80 bits per heavy atom. The van der Waals surface area contributed by atoms with E-state index in [1.807, 2.05) is 30.3 Å². The van der Waals surface area contributed by atoms with Crippen LogP contribution in [0.2, 0.25) is 0 Å². The number of ether oxygens (including phenoxy) is 3. The van der Waals surface area contributed by atoms with E-state index in [0.717, 1.165) is 12.0 Å². The van der Waals surface area contributed by atoms with Crippen molar-refractivity contribution in [2.24, 2.45) is 5.92 Å². The van der Waals surface area contributed by atoms with E-state index in [4.69, 9.17) is 25.8 Å². The van der Waals surface area contributed by atoms with Gasteiger partial charge in [-0.2, -0.15) is 0 Å². The van der Waals surface area contributed by atoms with Crippen molar-refractivity contribution >= 4 is 17.7 Å². The fraction of sp³-hybridized carbons (Fsp3) is 0.611. The molecule has 1 aliphatic rings. The zero-order chi connectivity index (χ0) is 18.1. The number of carbonyl (C=O) groups is 1. The largest absolute Gasteiger partial charge is 0.447 e. The quantitative estimate of drug-likeness (QED) is 0.514. The molecule has 0 saturated carbocycles. The van der Waals surface area contributed by atoms with Gasteiger partial charge in [-0.1, -0.05) is 37.3 Å². The smallest absolute Gasteiger partial charge is 0.407 e. The normalized spacial score (nSPS) is 22.4. The average molecular weight is 372 g/mol. The topological polar surface area (TPSA) is 77.0 Å². The minimum absolute atomic E-state index is 0.0256. The maximum Gasteiger partial charge on any atom is 0.407 e. The summed E-state index contributed by atoms with van der Waals surface area (Å²) in [5, 5.41) is 12.7. The van der Waals surface area contributed by atoms with E-state index in [1.54, 1.807) is 0 Å². The number of alkyl halides is 1. The number of benzene rings is 1. The Balaban J connectivity index is 1.73. The second kappa shape index (κ2) is 10.6. The molecule has 0 spiro atoms. The lowest BCUT2D eigenvalue weighted by molar-refractivity contribution is -0.134. The molecule has 4 atom stereocenters. The lowest BCUT2D eigenvalue weighted by atomic mass is 10.0. The lowest BCUT2D eigenvalue weighted by Crippen LogP contribution is -2.46. The third-order valence-electron chi connectivity index (χ3n) is 4.14. The minimum Gasteiger partial charge on any atom is -0.447 e. The number of alkyl carbamates (subject to hydrolysis) is 1. The molecular weight excluding hydrogens is 346 g/mol. The molecule has 0 aromatic heterocycles. The Morgan fingerprint density at radius 1 is 1.40 bits per heavy atom. The molecular formula is C18H26ClNO5. The first-order valence-corrected chi connectivity index (χ1v) is 9.08. The predicted molar refractivity (Wildman–Crippen MR) is 94.6 cm³/mol. The summed E-state index contributed by atoms with van der Waals surface area (Å²) in [5.74, 6) is 0.376. The highest BCUT2D eigenvalue weighted by atomic mass is 35.5. The van der Waals surface area contributed by atoms with Crippen LogP contribution in [0.4, 0.5) is 4.79 Å². The Hall–Kier alpha value is -1.34. The van der Waals surface area contributed by atoms with Crippen LogP contribution in [0, 0.1) is 5.92 Å². The van der Waals surface area contributed by atoms with Gasteiger partial charge in [0, 0.05) is 5.92 Å². The summed E-state index contributed by atoms with van der Waals surface area (Å²) in [7, 11) is 0. The Morgan fingerprint density at radius 2 is 2.16 bits per heavy atom. The molecule has 7 heteroatoms. The molecule has 0 bridgehead atoms. The van der Waals surface area contributed by atoms with E-state index in [0.29, 0.717) is 18.9 Å². The van der Waals surface area contributed by atoms with Crippen molar-refractivity contribution in [3.05, 3.63) is 35.9 Å². The van der Waals surface area contributed by atoms with Gasteiger partial charge in [0.1, 0.15) is 6.61 Å². The first kappa shape index (κ1) is 20.0. The van der Waals surface area contributed by atoms with Crippen molar-refractivity contribution in [2.75, 3.05) is 25.7 Å². The summed E-state index contributed by atoms with van der Waals surface area (Å²) >= 11 is 5.73. The van der Waals surface area contributed by atoms with Gasteiger partial charge in [-0.15, -0.1) is 11.6 Å². The van der Waals surface area contributed by atoms with Crippen LogP contribution in [0.5, 0.6) is 0 Å². The molecule has 25 heavy (non-hydrogen) atoms. The maximum absolute atomic E-state index is 12.0. The summed E-state index contributed by atoms with van der Waals surface area (Å²) in [4.78, 5) is 12.0. The molecule has 1 saturated heterocycles. The van der Waals surface area contributed by atoms with Crippen molar-refractivity contribution in [3.8, 4) is 0 Å². The molecule has 1 aromatic carbocycles. The molecule has 1 aliphatic heterocycles. The van der Waals surface area contributed by atoms with Gasteiger partial charge in [0.05, 0.1) is 31.2 Å². The zero-order valence-corrected chi connectivity index (χ0v) is 15.2. The highest BCUT2D eigenvalue weighted by Crippen LogP contribution is 2.20. The van der Waals surface area contributed by atoms with Crippen LogP contribution in [0.1, 0.15) is 18.9 Å². The monoisotopic (exact) mass is 371 g/mol. The molecule has 1 fully saturated rings. The van der Waals surface area contributed by atoms with Crippen LogP contribution in [0.25, 0.3) is 0 Å². The van der Waals surface area contributed by atoms with E-state index in [-0.39, 0.29) is 25.4 Å². The molecule has 1 amide bonds. The highest BCUT2D eigenvalue weighted by Gasteiger charge is 2.25. The number of aliphatic hydroxyl groups is 1. The van der Waals surface area contributed by atoms with Crippen molar-refractivity contribution in [2.45, 2.75) is 38.2 Å². The van der Waals surface area contributed by atoms with Crippen LogP contribution in [-0.2, 0) is 20.6 Å². The van der Waals surface area contributed by atoms with Gasteiger partial charge in [-0.3, -0.25) is 0 Å². The maximum atomic E-state index is 12.0. The van der Waals surface area contributed by atoms with Gasteiger partial charge in [-0.05, 0) is 18.4 Å². The summed E-state index contributed by atoms with van der Waals surface area (Å²) in [6.45, 7) is 3.15. The van der Waals surface area contributed by atoms with E-state index in [9.17, 15) is 9.90 Å². The molecule has 1 unspecified atom stereocenters. The van der Waals surface area contributed by atoms with Crippen molar-refractivity contribution in [1.82, 2.24) is 5.32 Å². The van der Waals surface area contributed by atoms with Gasteiger partial charge in [0.15, 0.2) is 6.29 Å². The Bertz CT molecular complexity index is 515.